The van der Waals surface area contributed by atoms with Crippen LogP contribution in [0.3, 0.4) is 0 Å². The highest BCUT2D eigenvalue weighted by molar-refractivity contribution is 5.93. The van der Waals surface area contributed by atoms with E-state index in [0.717, 1.165) is 0 Å². The molecule has 1 aromatic carbocycles. The van der Waals surface area contributed by atoms with Crippen LogP contribution in [-0.2, 0) is 4.74 Å². The summed E-state index contributed by atoms with van der Waals surface area (Å²) in [5.74, 6) is -0.238. The number of nitrogens with zero attached hydrogens (tertiary/aromatic N) is 4. The highest BCUT2D eigenvalue weighted by Gasteiger charge is 2.18. The molecule has 0 saturated heterocycles. The lowest BCUT2D eigenvalue weighted by Crippen LogP contribution is -2.22. The first-order valence-electron chi connectivity index (χ1n) is 9.42. The van der Waals surface area contributed by atoms with Crippen molar-refractivity contribution in [3.63, 3.8) is 0 Å². The number of nitrogens with one attached hydrogen (secondary N) is 1. The Morgan fingerprint density at radius 1 is 1.23 bits per heavy atom. The van der Waals surface area contributed by atoms with Gasteiger partial charge in [-0.2, -0.15) is 5.10 Å². The molecule has 0 atom stereocenters. The number of ether oxygens (including phenoxy) is 2. The molecule has 0 aliphatic carbocycles. The summed E-state index contributed by atoms with van der Waals surface area (Å²) in [5.41, 5.74) is 2.53. The Hall–Kier alpha value is -3.79. The van der Waals surface area contributed by atoms with Gasteiger partial charge in [0.1, 0.15) is 23.7 Å². The maximum atomic E-state index is 14.5. The van der Waals surface area contributed by atoms with Crippen LogP contribution in [-0.4, -0.2) is 65.6 Å². The second-order valence-corrected chi connectivity index (χ2v) is 6.95. The van der Waals surface area contributed by atoms with Gasteiger partial charge in [0.2, 0.25) is 0 Å². The van der Waals surface area contributed by atoms with Crippen LogP contribution >= 0.6 is 0 Å². The van der Waals surface area contributed by atoms with Gasteiger partial charge in [-0.1, -0.05) is 5.16 Å². The lowest BCUT2D eigenvalue weighted by atomic mass is 10.1. The lowest BCUT2D eigenvalue weighted by Gasteiger charge is -2.08. The number of rotatable bonds is 7. The summed E-state index contributed by atoms with van der Waals surface area (Å²) in [7, 11) is 4.87. The van der Waals surface area contributed by atoms with E-state index in [1.165, 1.54) is 11.0 Å². The normalized spacial score (nSPS) is 11.1. The maximum absolute atomic E-state index is 14.5. The van der Waals surface area contributed by atoms with Crippen LogP contribution in [0.5, 0.6) is 5.75 Å². The van der Waals surface area contributed by atoms with Crippen molar-refractivity contribution in [2.24, 2.45) is 0 Å². The first-order valence-corrected chi connectivity index (χ1v) is 9.42. The third kappa shape index (κ3) is 4.10. The number of amides is 1. The van der Waals surface area contributed by atoms with Gasteiger partial charge >= 0.3 is 0 Å². The predicted molar refractivity (Wildman–Crippen MR) is 110 cm³/mol. The molecule has 4 aromatic rings. The largest absolute Gasteiger partial charge is 0.488 e. The molecule has 0 fully saturated rings. The van der Waals surface area contributed by atoms with Gasteiger partial charge in [0.15, 0.2) is 17.3 Å². The minimum atomic E-state index is -0.517. The van der Waals surface area contributed by atoms with E-state index in [9.17, 15) is 9.18 Å². The van der Waals surface area contributed by atoms with Crippen molar-refractivity contribution in [1.29, 1.82) is 0 Å². The number of benzene rings is 1. The molecule has 1 N–H and O–H groups in total. The van der Waals surface area contributed by atoms with E-state index in [1.54, 1.807) is 51.7 Å². The smallest absolute Gasteiger partial charge is 0.271 e. The summed E-state index contributed by atoms with van der Waals surface area (Å²) in [6.07, 6.45) is 1.55. The van der Waals surface area contributed by atoms with Crippen molar-refractivity contribution < 1.29 is 23.2 Å². The Bertz CT molecular complexity index is 1220. The van der Waals surface area contributed by atoms with Crippen molar-refractivity contribution in [2.45, 2.75) is 0 Å². The van der Waals surface area contributed by atoms with Crippen LogP contribution in [0.2, 0.25) is 0 Å². The van der Waals surface area contributed by atoms with Gasteiger partial charge in [0, 0.05) is 50.5 Å². The van der Waals surface area contributed by atoms with E-state index in [1.807, 2.05) is 0 Å². The number of pyridine rings is 1. The fourth-order valence-corrected chi connectivity index (χ4v) is 2.98. The van der Waals surface area contributed by atoms with Crippen LogP contribution in [0.1, 0.15) is 10.5 Å². The van der Waals surface area contributed by atoms with Gasteiger partial charge in [0.05, 0.1) is 12.1 Å². The second kappa shape index (κ2) is 8.52. The summed E-state index contributed by atoms with van der Waals surface area (Å²) in [6.45, 7) is 0.587. The third-order valence-electron chi connectivity index (χ3n) is 4.59. The summed E-state index contributed by atoms with van der Waals surface area (Å²) in [6, 6.07) is 7.91. The van der Waals surface area contributed by atoms with Crippen molar-refractivity contribution >= 4 is 16.8 Å². The monoisotopic (exact) mass is 425 g/mol. The quantitative estimate of drug-likeness (QED) is 0.453. The van der Waals surface area contributed by atoms with Gasteiger partial charge in [-0.05, 0) is 18.2 Å². The lowest BCUT2D eigenvalue weighted by molar-refractivity contribution is 0.0822. The second-order valence-electron chi connectivity index (χ2n) is 6.95. The Kier molecular flexibility index (Phi) is 5.63. The zero-order valence-corrected chi connectivity index (χ0v) is 17.2. The van der Waals surface area contributed by atoms with Crippen molar-refractivity contribution in [3.05, 3.63) is 48.0 Å². The summed E-state index contributed by atoms with van der Waals surface area (Å²) < 4.78 is 30.2. The van der Waals surface area contributed by atoms with Gasteiger partial charge in [-0.25, -0.2) is 4.39 Å². The number of carbonyl (C=O) groups excluding carboxylic acids is 1. The highest BCUT2D eigenvalue weighted by atomic mass is 19.1. The molecule has 3 heterocycles. The molecule has 160 valence electrons. The van der Waals surface area contributed by atoms with E-state index in [0.29, 0.717) is 45.9 Å². The maximum Gasteiger partial charge on any atom is 0.271 e. The Balaban J connectivity index is 1.60. The molecule has 10 heteroatoms. The molecule has 4 rings (SSSR count). The van der Waals surface area contributed by atoms with Crippen molar-refractivity contribution in [3.8, 4) is 28.5 Å². The van der Waals surface area contributed by atoms with E-state index in [-0.39, 0.29) is 18.3 Å². The summed E-state index contributed by atoms with van der Waals surface area (Å²) in [4.78, 5) is 17.6. The number of halogens is 1. The summed E-state index contributed by atoms with van der Waals surface area (Å²) >= 11 is 0. The van der Waals surface area contributed by atoms with Crippen LogP contribution in [0.25, 0.3) is 33.6 Å². The fraction of sp³-hybridized carbons (Fsp3) is 0.238. The van der Waals surface area contributed by atoms with Gasteiger partial charge in [0.25, 0.3) is 5.91 Å². The predicted octanol–water partition coefficient (Wildman–Crippen LogP) is 3.15. The average Bonchev–Trinajstić information content (AvgIpc) is 3.40. The zero-order chi connectivity index (χ0) is 22.0. The molecule has 3 aromatic heterocycles. The number of aromatic nitrogens is 4. The van der Waals surface area contributed by atoms with Crippen molar-refractivity contribution in [1.82, 2.24) is 25.2 Å². The summed E-state index contributed by atoms with van der Waals surface area (Å²) in [5, 5.41) is 11.7. The van der Waals surface area contributed by atoms with Crippen molar-refractivity contribution in [2.75, 3.05) is 34.4 Å². The molecule has 0 aliphatic rings. The average molecular weight is 425 g/mol. The molecule has 31 heavy (non-hydrogen) atoms. The first kappa shape index (κ1) is 20.5. The molecule has 0 unspecified atom stereocenters. The standard InChI is InChI=1S/C21H20FN5O4/c1-27(2)21(28)15-5-4-12(11-23-15)16-9-19(31-26-16)20-13-8-14(22)18(30-7-6-29-3)10-17(13)24-25-20/h4-5,8-11H,6-7H2,1-3H3,(H,24,25). The molecule has 0 saturated carbocycles. The minimum absolute atomic E-state index is 0.108. The number of hydrogen-bond donors (Lipinski definition) is 1. The zero-order valence-electron chi connectivity index (χ0n) is 17.2. The molecule has 1 amide bonds. The van der Waals surface area contributed by atoms with Crippen LogP contribution in [0.15, 0.2) is 41.1 Å². The number of fused-ring (bicyclic) bond motifs is 1. The van der Waals surface area contributed by atoms with Gasteiger partial charge in [-0.15, -0.1) is 0 Å². The first-order chi connectivity index (χ1) is 15.0. The van der Waals surface area contributed by atoms with E-state index >= 15 is 0 Å². The Morgan fingerprint density at radius 3 is 2.77 bits per heavy atom. The number of H-pyrrole nitrogens is 1. The molecular weight excluding hydrogens is 405 g/mol. The van der Waals surface area contributed by atoms with Crippen LogP contribution in [0.4, 0.5) is 4.39 Å². The number of carbonyl (C=O) groups is 1. The van der Waals surface area contributed by atoms with E-state index in [2.05, 4.69) is 20.3 Å². The van der Waals surface area contributed by atoms with E-state index < -0.39 is 5.82 Å². The van der Waals surface area contributed by atoms with Gasteiger partial charge in [-0.3, -0.25) is 14.9 Å². The third-order valence-corrected chi connectivity index (χ3v) is 4.59. The number of aromatic amines is 1. The Labute approximate surface area is 176 Å². The number of methoxy groups -OCH3 is 1. The van der Waals surface area contributed by atoms with E-state index in [4.69, 9.17) is 14.0 Å². The molecule has 0 bridgehead atoms. The molecule has 9 nitrogen and oxygen atoms in total. The van der Waals surface area contributed by atoms with Gasteiger partial charge < -0.3 is 18.9 Å². The number of hydrogen-bond acceptors (Lipinski definition) is 7. The topological polar surface area (TPSA) is 106 Å². The van der Waals surface area contributed by atoms with Crippen LogP contribution in [0, 0.1) is 5.82 Å². The van der Waals surface area contributed by atoms with Crippen LogP contribution < -0.4 is 4.74 Å². The minimum Gasteiger partial charge on any atom is -0.488 e. The Morgan fingerprint density at radius 2 is 2.06 bits per heavy atom. The molecular formula is C21H20FN5O4. The molecule has 0 radical (unpaired) electrons. The highest BCUT2D eigenvalue weighted by Crippen LogP contribution is 2.32. The molecule has 0 spiro atoms. The SMILES string of the molecule is COCCOc1cc2[nH]nc(-c3cc(-c4ccc(C(=O)N(C)C)nc4)no3)c2cc1F. The fourth-order valence-electron chi connectivity index (χ4n) is 2.98. The molecule has 0 aliphatic heterocycles.